The van der Waals surface area contributed by atoms with Gasteiger partial charge in [-0.15, -0.1) is 0 Å². The van der Waals surface area contributed by atoms with E-state index in [4.69, 9.17) is 9.47 Å². The van der Waals surface area contributed by atoms with E-state index in [1.807, 2.05) is 0 Å². The quantitative estimate of drug-likeness (QED) is 0.352. The molecule has 3 aromatic carbocycles. The SMILES string of the molecule is O=C(OCc1ccc(F)cc1)c1ccc(Oc2ccc([N+](=O)[O-])cc2)cc1. The van der Waals surface area contributed by atoms with Crippen LogP contribution in [-0.4, -0.2) is 10.9 Å². The molecule has 0 unspecified atom stereocenters. The summed E-state index contributed by atoms with van der Waals surface area (Å²) < 4.78 is 23.6. The highest BCUT2D eigenvalue weighted by molar-refractivity contribution is 5.89. The van der Waals surface area contributed by atoms with Crippen LogP contribution in [0.25, 0.3) is 0 Å². The lowest BCUT2D eigenvalue weighted by Gasteiger charge is -2.07. The Hall–Kier alpha value is -3.74. The molecule has 7 heteroatoms. The average Bonchev–Trinajstić information content (AvgIpc) is 2.68. The highest BCUT2D eigenvalue weighted by Gasteiger charge is 2.09. The van der Waals surface area contributed by atoms with Gasteiger partial charge in [0.1, 0.15) is 23.9 Å². The third-order valence-corrected chi connectivity index (χ3v) is 3.66. The number of hydrogen-bond donors (Lipinski definition) is 0. The van der Waals surface area contributed by atoms with Crippen molar-refractivity contribution in [3.63, 3.8) is 0 Å². The molecule has 0 fully saturated rings. The number of ether oxygens (including phenoxy) is 2. The van der Waals surface area contributed by atoms with Crippen molar-refractivity contribution in [3.8, 4) is 11.5 Å². The number of nitrogens with zero attached hydrogens (tertiary/aromatic N) is 1. The van der Waals surface area contributed by atoms with Crippen molar-refractivity contribution in [2.75, 3.05) is 0 Å². The van der Waals surface area contributed by atoms with E-state index in [2.05, 4.69) is 0 Å². The number of non-ortho nitro benzene ring substituents is 1. The molecule has 0 aliphatic heterocycles. The second-order valence-corrected chi connectivity index (χ2v) is 5.58. The summed E-state index contributed by atoms with van der Waals surface area (Å²) in [7, 11) is 0. The molecule has 0 aliphatic carbocycles. The van der Waals surface area contributed by atoms with Gasteiger partial charge in [0.25, 0.3) is 5.69 Å². The van der Waals surface area contributed by atoms with Crippen molar-refractivity contribution in [1.82, 2.24) is 0 Å². The Bertz CT molecular complexity index is 938. The molecule has 0 radical (unpaired) electrons. The molecule has 0 bridgehead atoms. The second kappa shape index (κ2) is 8.09. The molecule has 6 nitrogen and oxygen atoms in total. The zero-order chi connectivity index (χ0) is 19.2. The lowest BCUT2D eigenvalue weighted by atomic mass is 10.2. The molecule has 0 saturated carbocycles. The van der Waals surface area contributed by atoms with Gasteiger partial charge in [0.2, 0.25) is 0 Å². The van der Waals surface area contributed by atoms with Gasteiger partial charge in [0, 0.05) is 12.1 Å². The summed E-state index contributed by atoms with van der Waals surface area (Å²) in [5, 5.41) is 10.6. The van der Waals surface area contributed by atoms with Crippen molar-refractivity contribution < 1.29 is 23.6 Å². The molecule has 0 aliphatic rings. The fourth-order valence-electron chi connectivity index (χ4n) is 2.24. The van der Waals surface area contributed by atoms with E-state index in [-0.39, 0.29) is 18.1 Å². The predicted octanol–water partition coefficient (Wildman–Crippen LogP) is 4.88. The van der Waals surface area contributed by atoms with Gasteiger partial charge >= 0.3 is 5.97 Å². The van der Waals surface area contributed by atoms with Gasteiger partial charge in [-0.25, -0.2) is 9.18 Å². The summed E-state index contributed by atoms with van der Waals surface area (Å²) in [6.45, 7) is 0.0418. The Morgan fingerprint density at radius 3 is 2.00 bits per heavy atom. The maximum absolute atomic E-state index is 12.9. The minimum absolute atomic E-state index is 0.0263. The van der Waals surface area contributed by atoms with Crippen LogP contribution in [0.2, 0.25) is 0 Å². The third kappa shape index (κ3) is 4.88. The highest BCUT2D eigenvalue weighted by Crippen LogP contribution is 2.24. The Morgan fingerprint density at radius 2 is 1.44 bits per heavy atom. The van der Waals surface area contributed by atoms with E-state index >= 15 is 0 Å². The van der Waals surface area contributed by atoms with Gasteiger partial charge in [-0.2, -0.15) is 0 Å². The van der Waals surface area contributed by atoms with Gasteiger partial charge in [0.15, 0.2) is 0 Å². The van der Waals surface area contributed by atoms with Crippen LogP contribution in [0.1, 0.15) is 15.9 Å². The Kier molecular flexibility index (Phi) is 5.41. The number of benzene rings is 3. The number of carbonyl (C=O) groups is 1. The molecular formula is C20H14FNO5. The summed E-state index contributed by atoms with van der Waals surface area (Å²) in [5.41, 5.74) is 0.998. The minimum atomic E-state index is -0.513. The van der Waals surface area contributed by atoms with Gasteiger partial charge in [-0.05, 0) is 54.1 Å². The Balaban J connectivity index is 1.58. The second-order valence-electron chi connectivity index (χ2n) is 5.58. The number of halogens is 1. The highest BCUT2D eigenvalue weighted by atomic mass is 19.1. The molecule has 0 aromatic heterocycles. The Labute approximate surface area is 153 Å². The van der Waals surface area contributed by atoms with Gasteiger partial charge in [0.05, 0.1) is 10.5 Å². The molecule has 0 N–H and O–H groups in total. The first-order valence-electron chi connectivity index (χ1n) is 7.95. The number of esters is 1. The lowest BCUT2D eigenvalue weighted by molar-refractivity contribution is -0.384. The molecule has 0 heterocycles. The van der Waals surface area contributed by atoms with E-state index in [1.54, 1.807) is 36.4 Å². The number of carbonyl (C=O) groups excluding carboxylic acids is 1. The molecule has 0 saturated heterocycles. The van der Waals surface area contributed by atoms with Gasteiger partial charge < -0.3 is 9.47 Å². The van der Waals surface area contributed by atoms with E-state index in [0.717, 1.165) is 0 Å². The van der Waals surface area contributed by atoms with Crippen molar-refractivity contribution >= 4 is 11.7 Å². The minimum Gasteiger partial charge on any atom is -0.457 e. The van der Waals surface area contributed by atoms with E-state index in [0.29, 0.717) is 22.6 Å². The molecular weight excluding hydrogens is 353 g/mol. The fraction of sp³-hybridized carbons (Fsp3) is 0.0500. The molecule has 3 rings (SSSR count). The molecule has 0 atom stereocenters. The summed E-state index contributed by atoms with van der Waals surface area (Å²) in [5.74, 6) is 0.0427. The number of nitro benzene ring substituents is 1. The number of nitro groups is 1. The largest absolute Gasteiger partial charge is 0.457 e. The zero-order valence-corrected chi connectivity index (χ0v) is 14.0. The smallest absolute Gasteiger partial charge is 0.338 e. The molecule has 136 valence electrons. The molecule has 3 aromatic rings. The van der Waals surface area contributed by atoms with Crippen LogP contribution in [0.4, 0.5) is 10.1 Å². The van der Waals surface area contributed by atoms with E-state index in [9.17, 15) is 19.3 Å². The van der Waals surface area contributed by atoms with E-state index < -0.39 is 10.9 Å². The summed E-state index contributed by atoms with van der Waals surface area (Å²) >= 11 is 0. The molecule has 27 heavy (non-hydrogen) atoms. The van der Waals surface area contributed by atoms with Crippen LogP contribution in [-0.2, 0) is 11.3 Å². The lowest BCUT2D eigenvalue weighted by Crippen LogP contribution is -2.05. The first kappa shape index (κ1) is 18.1. The van der Waals surface area contributed by atoms with Crippen LogP contribution in [0, 0.1) is 15.9 Å². The van der Waals surface area contributed by atoms with Crippen molar-refractivity contribution in [2.24, 2.45) is 0 Å². The van der Waals surface area contributed by atoms with Crippen LogP contribution in [0.15, 0.2) is 72.8 Å². The first-order chi connectivity index (χ1) is 13.0. The summed E-state index contributed by atoms with van der Waals surface area (Å²) in [6.07, 6.45) is 0. The number of rotatable bonds is 6. The maximum atomic E-state index is 12.9. The predicted molar refractivity (Wildman–Crippen MR) is 95.1 cm³/mol. The topological polar surface area (TPSA) is 78.7 Å². The van der Waals surface area contributed by atoms with Crippen LogP contribution in [0.5, 0.6) is 11.5 Å². The van der Waals surface area contributed by atoms with Crippen molar-refractivity contribution in [2.45, 2.75) is 6.61 Å². The maximum Gasteiger partial charge on any atom is 0.338 e. The van der Waals surface area contributed by atoms with Crippen molar-refractivity contribution in [1.29, 1.82) is 0 Å². The summed E-state index contributed by atoms with van der Waals surface area (Å²) in [4.78, 5) is 22.2. The van der Waals surface area contributed by atoms with Crippen LogP contribution in [0.3, 0.4) is 0 Å². The van der Waals surface area contributed by atoms with Gasteiger partial charge in [-0.3, -0.25) is 10.1 Å². The third-order valence-electron chi connectivity index (χ3n) is 3.66. The van der Waals surface area contributed by atoms with Crippen LogP contribution >= 0.6 is 0 Å². The van der Waals surface area contributed by atoms with Crippen LogP contribution < -0.4 is 4.74 Å². The molecule has 0 amide bonds. The number of hydrogen-bond acceptors (Lipinski definition) is 5. The van der Waals surface area contributed by atoms with Crippen molar-refractivity contribution in [3.05, 3.63) is 99.9 Å². The van der Waals surface area contributed by atoms with E-state index in [1.165, 1.54) is 36.4 Å². The fourth-order valence-corrected chi connectivity index (χ4v) is 2.24. The monoisotopic (exact) mass is 367 g/mol. The normalized spacial score (nSPS) is 10.3. The molecule has 0 spiro atoms. The average molecular weight is 367 g/mol. The zero-order valence-electron chi connectivity index (χ0n) is 14.0. The first-order valence-corrected chi connectivity index (χ1v) is 7.95. The van der Waals surface area contributed by atoms with Gasteiger partial charge in [-0.1, -0.05) is 12.1 Å². The standard InChI is InChI=1S/C20H14FNO5/c21-16-5-1-14(2-6-16)13-26-20(23)15-3-9-18(10-4-15)27-19-11-7-17(8-12-19)22(24)25/h1-12H,13H2. The summed E-state index contributed by atoms with van der Waals surface area (Å²) in [6, 6.07) is 17.6. The Morgan fingerprint density at radius 1 is 0.889 bits per heavy atom.